The Labute approximate surface area is 161 Å². The first kappa shape index (κ1) is 20.8. The molecule has 0 heterocycles. The van der Waals surface area contributed by atoms with Gasteiger partial charge in [0.05, 0.1) is 19.1 Å². The molecule has 0 aromatic heterocycles. The Morgan fingerprint density at radius 1 is 1.15 bits per heavy atom. The van der Waals surface area contributed by atoms with Crippen molar-refractivity contribution in [3.05, 3.63) is 59.2 Å². The molecule has 27 heavy (non-hydrogen) atoms. The topological polar surface area (TPSA) is 75.7 Å². The lowest BCUT2D eigenvalue weighted by atomic mass is 10.1. The number of carbonyl (C=O) groups is 1. The van der Waals surface area contributed by atoms with Crippen LogP contribution in [-0.2, 0) is 16.4 Å². The zero-order valence-corrected chi connectivity index (χ0v) is 17.0. The predicted octanol–water partition coefficient (Wildman–Crippen LogP) is 2.76. The highest BCUT2D eigenvalue weighted by molar-refractivity contribution is 7.92. The van der Waals surface area contributed by atoms with Crippen LogP contribution in [0.5, 0.6) is 5.75 Å². The van der Waals surface area contributed by atoms with Gasteiger partial charge in [-0.05, 0) is 55.2 Å². The number of methoxy groups -OCH3 is 1. The molecule has 0 unspecified atom stereocenters. The zero-order chi connectivity index (χ0) is 20.0. The van der Waals surface area contributed by atoms with Crippen LogP contribution < -0.4 is 14.4 Å². The number of rotatable bonds is 8. The Bertz CT molecular complexity index is 893. The van der Waals surface area contributed by atoms with Crippen LogP contribution >= 0.6 is 0 Å². The summed E-state index contributed by atoms with van der Waals surface area (Å²) < 4.78 is 29.9. The summed E-state index contributed by atoms with van der Waals surface area (Å²) in [6, 6.07) is 12.9. The van der Waals surface area contributed by atoms with E-state index in [0.717, 1.165) is 24.8 Å². The van der Waals surface area contributed by atoms with Crippen molar-refractivity contribution in [2.45, 2.75) is 19.8 Å². The summed E-state index contributed by atoms with van der Waals surface area (Å²) in [5.74, 6) is 0.618. The molecule has 0 spiro atoms. The minimum Gasteiger partial charge on any atom is -0.497 e. The van der Waals surface area contributed by atoms with Gasteiger partial charge in [0.2, 0.25) is 10.0 Å². The Balaban J connectivity index is 1.95. The fraction of sp³-hybridized carbons (Fsp3) is 0.350. The molecule has 0 aliphatic carbocycles. The SMILES string of the molecule is COc1ccc(CCCNC(=O)c2cccc(N(C)S(C)(=O)=O)c2C)cc1. The maximum Gasteiger partial charge on any atom is 0.251 e. The number of benzene rings is 2. The van der Waals surface area contributed by atoms with Crippen LogP contribution in [0.15, 0.2) is 42.5 Å². The first-order chi connectivity index (χ1) is 12.7. The molecule has 1 N–H and O–H groups in total. The first-order valence-electron chi connectivity index (χ1n) is 8.68. The van der Waals surface area contributed by atoms with Crippen LogP contribution in [0.25, 0.3) is 0 Å². The second-order valence-corrected chi connectivity index (χ2v) is 8.40. The van der Waals surface area contributed by atoms with Crippen LogP contribution in [0.4, 0.5) is 5.69 Å². The molecule has 0 aliphatic rings. The standard InChI is InChI=1S/C20H26N2O4S/c1-15-18(8-5-9-19(15)22(2)27(4,24)25)20(23)21-14-6-7-16-10-12-17(26-3)13-11-16/h5,8-13H,6-7,14H2,1-4H3,(H,21,23). The van der Waals surface area contributed by atoms with Crippen molar-refractivity contribution in [3.63, 3.8) is 0 Å². The maximum atomic E-state index is 12.5. The average molecular weight is 391 g/mol. The van der Waals surface area contributed by atoms with Gasteiger partial charge in [-0.15, -0.1) is 0 Å². The van der Waals surface area contributed by atoms with Gasteiger partial charge in [-0.25, -0.2) is 8.42 Å². The van der Waals surface area contributed by atoms with E-state index in [1.165, 1.54) is 16.9 Å². The average Bonchev–Trinajstić information content (AvgIpc) is 2.64. The van der Waals surface area contributed by atoms with Crippen molar-refractivity contribution >= 4 is 21.6 Å². The molecule has 2 rings (SSSR count). The minimum absolute atomic E-state index is 0.203. The fourth-order valence-corrected chi connectivity index (χ4v) is 3.33. The van der Waals surface area contributed by atoms with Crippen molar-refractivity contribution in [1.82, 2.24) is 5.32 Å². The molecular formula is C20H26N2O4S. The molecule has 0 atom stereocenters. The molecule has 0 radical (unpaired) electrons. The number of ether oxygens (including phenoxy) is 1. The summed E-state index contributed by atoms with van der Waals surface area (Å²) in [7, 11) is -0.270. The Kier molecular flexibility index (Phi) is 6.85. The van der Waals surface area contributed by atoms with Gasteiger partial charge in [-0.1, -0.05) is 18.2 Å². The van der Waals surface area contributed by atoms with Crippen LogP contribution in [0.1, 0.15) is 27.9 Å². The quantitative estimate of drug-likeness (QED) is 0.703. The highest BCUT2D eigenvalue weighted by Gasteiger charge is 2.18. The third-order valence-electron chi connectivity index (χ3n) is 4.47. The number of hydrogen-bond acceptors (Lipinski definition) is 4. The van der Waals surface area contributed by atoms with E-state index in [2.05, 4.69) is 5.32 Å². The lowest BCUT2D eigenvalue weighted by Crippen LogP contribution is -2.28. The van der Waals surface area contributed by atoms with E-state index in [1.54, 1.807) is 32.2 Å². The molecule has 0 aliphatic heterocycles. The van der Waals surface area contributed by atoms with Gasteiger partial charge in [0.15, 0.2) is 0 Å². The number of nitrogens with one attached hydrogen (secondary N) is 1. The van der Waals surface area contributed by atoms with Gasteiger partial charge in [0, 0.05) is 19.2 Å². The predicted molar refractivity (Wildman–Crippen MR) is 108 cm³/mol. The zero-order valence-electron chi connectivity index (χ0n) is 16.2. The van der Waals surface area contributed by atoms with Gasteiger partial charge < -0.3 is 10.1 Å². The molecule has 2 aromatic carbocycles. The molecule has 0 saturated heterocycles. The fourth-order valence-electron chi connectivity index (χ4n) is 2.77. The van der Waals surface area contributed by atoms with Gasteiger partial charge >= 0.3 is 0 Å². The van der Waals surface area contributed by atoms with E-state index in [1.807, 2.05) is 24.3 Å². The normalized spacial score (nSPS) is 11.1. The number of anilines is 1. The number of sulfonamides is 1. The van der Waals surface area contributed by atoms with E-state index in [-0.39, 0.29) is 5.91 Å². The Morgan fingerprint density at radius 3 is 2.41 bits per heavy atom. The molecule has 146 valence electrons. The smallest absolute Gasteiger partial charge is 0.251 e. The van der Waals surface area contributed by atoms with Crippen molar-refractivity contribution in [1.29, 1.82) is 0 Å². The largest absolute Gasteiger partial charge is 0.497 e. The van der Waals surface area contributed by atoms with Crippen LogP contribution in [0, 0.1) is 6.92 Å². The summed E-state index contributed by atoms with van der Waals surface area (Å²) in [5.41, 5.74) is 2.80. The Hall–Kier alpha value is -2.54. The van der Waals surface area contributed by atoms with E-state index < -0.39 is 10.0 Å². The van der Waals surface area contributed by atoms with E-state index >= 15 is 0 Å². The van der Waals surface area contributed by atoms with Gasteiger partial charge in [-0.3, -0.25) is 9.10 Å². The molecule has 0 fully saturated rings. The molecular weight excluding hydrogens is 364 g/mol. The van der Waals surface area contributed by atoms with Gasteiger partial charge in [0.25, 0.3) is 5.91 Å². The second kappa shape index (κ2) is 8.90. The Morgan fingerprint density at radius 2 is 1.81 bits per heavy atom. The third kappa shape index (κ3) is 5.47. The lowest BCUT2D eigenvalue weighted by Gasteiger charge is -2.20. The molecule has 0 bridgehead atoms. The summed E-state index contributed by atoms with van der Waals surface area (Å²) in [6.45, 7) is 2.29. The van der Waals surface area contributed by atoms with Gasteiger partial charge in [-0.2, -0.15) is 0 Å². The number of nitrogens with zero attached hydrogens (tertiary/aromatic N) is 1. The number of carbonyl (C=O) groups excluding carboxylic acids is 1. The van der Waals surface area contributed by atoms with Crippen LogP contribution in [-0.4, -0.2) is 41.3 Å². The molecule has 1 amide bonds. The van der Waals surface area contributed by atoms with E-state index in [0.29, 0.717) is 23.4 Å². The van der Waals surface area contributed by atoms with E-state index in [9.17, 15) is 13.2 Å². The van der Waals surface area contributed by atoms with Crippen molar-refractivity contribution in [3.8, 4) is 5.75 Å². The summed E-state index contributed by atoms with van der Waals surface area (Å²) in [5, 5.41) is 2.91. The summed E-state index contributed by atoms with van der Waals surface area (Å²) in [4.78, 5) is 12.5. The number of aryl methyl sites for hydroxylation is 1. The highest BCUT2D eigenvalue weighted by Crippen LogP contribution is 2.24. The van der Waals surface area contributed by atoms with Gasteiger partial charge in [0.1, 0.15) is 5.75 Å². The van der Waals surface area contributed by atoms with Crippen LogP contribution in [0.3, 0.4) is 0 Å². The molecule has 6 nitrogen and oxygen atoms in total. The van der Waals surface area contributed by atoms with E-state index in [4.69, 9.17) is 4.74 Å². The monoisotopic (exact) mass is 390 g/mol. The van der Waals surface area contributed by atoms with Crippen LogP contribution in [0.2, 0.25) is 0 Å². The van der Waals surface area contributed by atoms with Crippen molar-refractivity contribution < 1.29 is 17.9 Å². The summed E-state index contributed by atoms with van der Waals surface area (Å²) in [6.07, 6.45) is 2.79. The molecule has 0 saturated carbocycles. The van der Waals surface area contributed by atoms with Crippen molar-refractivity contribution in [2.75, 3.05) is 31.3 Å². The lowest BCUT2D eigenvalue weighted by molar-refractivity contribution is 0.0952. The number of hydrogen-bond donors (Lipinski definition) is 1. The maximum absolute atomic E-state index is 12.5. The highest BCUT2D eigenvalue weighted by atomic mass is 32.2. The summed E-state index contributed by atoms with van der Waals surface area (Å²) >= 11 is 0. The molecule has 7 heteroatoms. The third-order valence-corrected chi connectivity index (χ3v) is 5.67. The minimum atomic E-state index is -3.38. The first-order valence-corrected chi connectivity index (χ1v) is 10.5. The number of amides is 1. The molecule has 2 aromatic rings. The van der Waals surface area contributed by atoms with Crippen molar-refractivity contribution in [2.24, 2.45) is 0 Å². The second-order valence-electron chi connectivity index (χ2n) is 6.39.